The molecule has 2 aliphatic rings. The maximum atomic E-state index is 5.82. The number of likely N-dealkylation sites (tertiary alicyclic amines) is 1. The Morgan fingerprint density at radius 3 is 3.00 bits per heavy atom. The smallest absolute Gasteiger partial charge is 0.146 e. The Balaban J connectivity index is 1.61. The Labute approximate surface area is 95.8 Å². The lowest BCUT2D eigenvalue weighted by atomic mass is 10.2. The summed E-state index contributed by atoms with van der Waals surface area (Å²) in [6.07, 6.45) is 5.72. The van der Waals surface area contributed by atoms with Gasteiger partial charge in [-0.1, -0.05) is 0 Å². The Kier molecular flexibility index (Phi) is 2.44. The van der Waals surface area contributed by atoms with Gasteiger partial charge in [0.25, 0.3) is 0 Å². The minimum absolute atomic E-state index is 0.534. The van der Waals surface area contributed by atoms with Crippen LogP contribution in [0.1, 0.15) is 19.3 Å². The van der Waals surface area contributed by atoms with Gasteiger partial charge in [0.05, 0.1) is 5.69 Å². The van der Waals surface area contributed by atoms with E-state index in [4.69, 9.17) is 5.73 Å². The van der Waals surface area contributed by atoms with E-state index in [1.165, 1.54) is 25.8 Å². The van der Waals surface area contributed by atoms with Crippen molar-refractivity contribution in [3.05, 3.63) is 18.3 Å². The van der Waals surface area contributed by atoms with Crippen LogP contribution in [0, 0.1) is 0 Å². The number of nitrogens with one attached hydrogen (secondary N) is 1. The first kappa shape index (κ1) is 9.90. The van der Waals surface area contributed by atoms with Crippen LogP contribution in [0.2, 0.25) is 0 Å². The fourth-order valence-electron chi connectivity index (χ4n) is 2.44. The quantitative estimate of drug-likeness (QED) is 0.803. The highest BCUT2D eigenvalue weighted by Crippen LogP contribution is 2.30. The fourth-order valence-corrected chi connectivity index (χ4v) is 2.44. The van der Waals surface area contributed by atoms with Crippen molar-refractivity contribution >= 4 is 11.5 Å². The van der Waals surface area contributed by atoms with Crippen molar-refractivity contribution in [1.82, 2.24) is 9.88 Å². The van der Waals surface area contributed by atoms with Gasteiger partial charge in [-0.2, -0.15) is 0 Å². The van der Waals surface area contributed by atoms with Crippen LogP contribution in [0.3, 0.4) is 0 Å². The second kappa shape index (κ2) is 3.94. The molecule has 0 amide bonds. The van der Waals surface area contributed by atoms with Gasteiger partial charge in [0, 0.05) is 31.4 Å². The molecular weight excluding hydrogens is 200 g/mol. The lowest BCUT2D eigenvalue weighted by Gasteiger charge is -2.17. The normalized spacial score (nSPS) is 25.9. The van der Waals surface area contributed by atoms with E-state index in [1.807, 2.05) is 12.1 Å². The SMILES string of the molecule is Nc1ncccc1NC1CCN(C2CC2)C1. The molecule has 1 aliphatic carbocycles. The molecule has 2 fully saturated rings. The summed E-state index contributed by atoms with van der Waals surface area (Å²) in [6.45, 7) is 2.38. The third kappa shape index (κ3) is 1.97. The summed E-state index contributed by atoms with van der Waals surface area (Å²) >= 11 is 0. The standard InChI is InChI=1S/C12H18N4/c13-12-11(2-1-6-14-12)15-9-5-7-16(8-9)10-3-4-10/h1-2,6,9-10,15H,3-5,7-8H2,(H2,13,14). The van der Waals surface area contributed by atoms with Crippen molar-refractivity contribution in [3.63, 3.8) is 0 Å². The molecule has 0 bridgehead atoms. The number of aromatic nitrogens is 1. The van der Waals surface area contributed by atoms with Crippen molar-refractivity contribution in [3.8, 4) is 0 Å². The van der Waals surface area contributed by atoms with Gasteiger partial charge in [-0.15, -0.1) is 0 Å². The molecule has 1 aromatic heterocycles. The van der Waals surface area contributed by atoms with Crippen molar-refractivity contribution in [2.24, 2.45) is 0 Å². The van der Waals surface area contributed by atoms with Crippen LogP contribution in [-0.4, -0.2) is 35.1 Å². The average Bonchev–Trinajstić information content (AvgIpc) is 3.03. The summed E-state index contributed by atoms with van der Waals surface area (Å²) in [7, 11) is 0. The van der Waals surface area contributed by atoms with Gasteiger partial charge in [0.1, 0.15) is 5.82 Å². The summed E-state index contributed by atoms with van der Waals surface area (Å²) in [5.74, 6) is 0.604. The van der Waals surface area contributed by atoms with E-state index in [9.17, 15) is 0 Å². The molecule has 0 spiro atoms. The lowest BCUT2D eigenvalue weighted by Crippen LogP contribution is -2.28. The maximum absolute atomic E-state index is 5.82. The molecule has 0 aromatic carbocycles. The Morgan fingerprint density at radius 1 is 1.38 bits per heavy atom. The molecule has 1 aliphatic heterocycles. The van der Waals surface area contributed by atoms with Gasteiger partial charge in [-0.3, -0.25) is 4.90 Å². The number of nitrogens with zero attached hydrogens (tertiary/aromatic N) is 2. The Bertz CT molecular complexity index is 375. The van der Waals surface area contributed by atoms with E-state index in [0.29, 0.717) is 11.9 Å². The molecule has 4 nitrogen and oxygen atoms in total. The van der Waals surface area contributed by atoms with Gasteiger partial charge < -0.3 is 11.1 Å². The lowest BCUT2D eigenvalue weighted by molar-refractivity contribution is 0.326. The molecule has 4 heteroatoms. The number of hydrogen-bond donors (Lipinski definition) is 2. The number of hydrogen-bond acceptors (Lipinski definition) is 4. The molecule has 2 heterocycles. The Hall–Kier alpha value is -1.29. The van der Waals surface area contributed by atoms with E-state index in [2.05, 4.69) is 15.2 Å². The number of rotatable bonds is 3. The zero-order valence-corrected chi connectivity index (χ0v) is 9.39. The summed E-state index contributed by atoms with van der Waals surface area (Å²) in [5.41, 5.74) is 6.80. The molecular formula is C12H18N4. The van der Waals surface area contributed by atoms with Crippen molar-refractivity contribution in [2.75, 3.05) is 24.1 Å². The number of nitrogen functional groups attached to an aromatic ring is 1. The number of anilines is 2. The minimum atomic E-state index is 0.534. The second-order valence-electron chi connectivity index (χ2n) is 4.79. The summed E-state index contributed by atoms with van der Waals surface area (Å²) in [5, 5.41) is 3.49. The van der Waals surface area contributed by atoms with Crippen molar-refractivity contribution in [2.45, 2.75) is 31.3 Å². The van der Waals surface area contributed by atoms with Gasteiger partial charge in [0.2, 0.25) is 0 Å². The van der Waals surface area contributed by atoms with Crippen LogP contribution in [0.4, 0.5) is 11.5 Å². The van der Waals surface area contributed by atoms with Crippen LogP contribution < -0.4 is 11.1 Å². The first-order valence-corrected chi connectivity index (χ1v) is 6.04. The molecule has 1 saturated heterocycles. The highest BCUT2D eigenvalue weighted by Gasteiger charge is 2.34. The molecule has 3 N–H and O–H groups in total. The third-order valence-electron chi connectivity index (χ3n) is 3.48. The van der Waals surface area contributed by atoms with Crippen LogP contribution in [0.15, 0.2) is 18.3 Å². The highest BCUT2D eigenvalue weighted by atomic mass is 15.2. The predicted octanol–water partition coefficient (Wildman–Crippen LogP) is 1.31. The summed E-state index contributed by atoms with van der Waals surface area (Å²) in [6, 6.07) is 5.33. The average molecular weight is 218 g/mol. The topological polar surface area (TPSA) is 54.2 Å². The monoisotopic (exact) mass is 218 g/mol. The molecule has 86 valence electrons. The molecule has 1 aromatic rings. The maximum Gasteiger partial charge on any atom is 0.146 e. The first-order chi connectivity index (χ1) is 7.83. The summed E-state index contributed by atoms with van der Waals surface area (Å²) in [4.78, 5) is 6.68. The number of pyridine rings is 1. The predicted molar refractivity (Wildman–Crippen MR) is 65.3 cm³/mol. The van der Waals surface area contributed by atoms with Crippen LogP contribution in [0.5, 0.6) is 0 Å². The van der Waals surface area contributed by atoms with E-state index in [0.717, 1.165) is 18.3 Å². The van der Waals surface area contributed by atoms with Crippen LogP contribution in [0.25, 0.3) is 0 Å². The molecule has 3 rings (SSSR count). The summed E-state index contributed by atoms with van der Waals surface area (Å²) < 4.78 is 0. The van der Waals surface area contributed by atoms with E-state index >= 15 is 0 Å². The van der Waals surface area contributed by atoms with Crippen molar-refractivity contribution in [1.29, 1.82) is 0 Å². The molecule has 1 saturated carbocycles. The van der Waals surface area contributed by atoms with E-state index in [-0.39, 0.29) is 0 Å². The largest absolute Gasteiger partial charge is 0.382 e. The minimum Gasteiger partial charge on any atom is -0.382 e. The van der Waals surface area contributed by atoms with Gasteiger partial charge in [-0.25, -0.2) is 4.98 Å². The fraction of sp³-hybridized carbons (Fsp3) is 0.583. The second-order valence-corrected chi connectivity index (χ2v) is 4.79. The number of nitrogens with two attached hydrogens (primary N) is 1. The van der Waals surface area contributed by atoms with Gasteiger partial charge >= 0.3 is 0 Å². The molecule has 0 radical (unpaired) electrons. The zero-order valence-electron chi connectivity index (χ0n) is 9.39. The van der Waals surface area contributed by atoms with Crippen LogP contribution >= 0.6 is 0 Å². The molecule has 1 atom stereocenters. The Morgan fingerprint density at radius 2 is 2.25 bits per heavy atom. The van der Waals surface area contributed by atoms with E-state index in [1.54, 1.807) is 6.20 Å². The van der Waals surface area contributed by atoms with Gasteiger partial charge in [-0.05, 0) is 31.4 Å². The zero-order chi connectivity index (χ0) is 11.0. The van der Waals surface area contributed by atoms with Crippen molar-refractivity contribution < 1.29 is 0 Å². The molecule has 16 heavy (non-hydrogen) atoms. The van der Waals surface area contributed by atoms with Crippen LogP contribution in [-0.2, 0) is 0 Å². The van der Waals surface area contributed by atoms with Gasteiger partial charge in [0.15, 0.2) is 0 Å². The molecule has 1 unspecified atom stereocenters. The third-order valence-corrected chi connectivity index (χ3v) is 3.48. The van der Waals surface area contributed by atoms with E-state index < -0.39 is 0 Å². The first-order valence-electron chi connectivity index (χ1n) is 6.04. The highest BCUT2D eigenvalue weighted by molar-refractivity contribution is 5.61.